The lowest BCUT2D eigenvalue weighted by Crippen LogP contribution is -2.16. The Morgan fingerprint density at radius 3 is 2.40 bits per heavy atom. The van der Waals surface area contributed by atoms with Crippen molar-refractivity contribution in [2.45, 2.75) is 32.6 Å². The first kappa shape index (κ1) is 9.92. The van der Waals surface area contributed by atoms with Gasteiger partial charge < -0.3 is 5.32 Å². The van der Waals surface area contributed by atoms with Crippen LogP contribution in [0.25, 0.3) is 0 Å². The largest absolute Gasteiger partial charge is 0.317 e. The molecular weight excluding hydrogens is 126 g/mol. The van der Waals surface area contributed by atoms with Gasteiger partial charge >= 0.3 is 0 Å². The van der Waals surface area contributed by atoms with Gasteiger partial charge in [-0.15, -0.1) is 0 Å². The Labute approximate surface area is 63.6 Å². The smallest absolute Gasteiger partial charge is 0.0822 e. The Hall–Kier alpha value is -0.0800. The maximum absolute atomic E-state index is 9.99. The van der Waals surface area contributed by atoms with Crippen molar-refractivity contribution in [3.05, 3.63) is 0 Å². The second-order valence-electron chi connectivity index (χ2n) is 2.51. The van der Waals surface area contributed by atoms with Crippen LogP contribution in [0.3, 0.4) is 0 Å². The fraction of sp³-hybridized carbons (Fsp3) is 1.00. The molecule has 0 unspecified atom stereocenters. The van der Waals surface area contributed by atoms with Gasteiger partial charge in [0.05, 0.1) is 6.61 Å². The highest BCUT2D eigenvalue weighted by atomic mass is 16.2. The number of rotatable bonds is 7. The van der Waals surface area contributed by atoms with Crippen LogP contribution in [-0.4, -0.2) is 19.7 Å². The number of unbranched alkanes of at least 4 members (excludes halogenated alkanes) is 2. The molecule has 0 aliphatic carbocycles. The van der Waals surface area contributed by atoms with Gasteiger partial charge in [-0.05, 0) is 32.4 Å². The molecule has 0 aromatic heterocycles. The Kier molecular flexibility index (Phi) is 8.85. The molecule has 0 aliphatic heterocycles. The summed E-state index contributed by atoms with van der Waals surface area (Å²) in [4.78, 5) is 0. The summed E-state index contributed by atoms with van der Waals surface area (Å²) >= 11 is 0. The molecule has 0 bridgehead atoms. The molecular formula is C8H18NO. The topological polar surface area (TPSA) is 31.9 Å². The molecule has 1 radical (unpaired) electrons. The van der Waals surface area contributed by atoms with Crippen molar-refractivity contribution in [1.29, 1.82) is 0 Å². The van der Waals surface area contributed by atoms with Crippen LogP contribution < -0.4 is 5.32 Å². The summed E-state index contributed by atoms with van der Waals surface area (Å²) in [5.74, 6) is 0. The SMILES string of the molecule is CCCCNCCCC[O]. The molecule has 0 aromatic carbocycles. The van der Waals surface area contributed by atoms with E-state index < -0.39 is 0 Å². The first-order valence-corrected chi connectivity index (χ1v) is 4.20. The average Bonchev–Trinajstić information content (AvgIpc) is 1.97. The van der Waals surface area contributed by atoms with Crippen molar-refractivity contribution in [1.82, 2.24) is 5.32 Å². The van der Waals surface area contributed by atoms with E-state index in [2.05, 4.69) is 12.2 Å². The van der Waals surface area contributed by atoms with Crippen molar-refractivity contribution >= 4 is 0 Å². The summed E-state index contributed by atoms with van der Waals surface area (Å²) in [6.07, 6.45) is 4.35. The molecule has 2 heteroatoms. The van der Waals surface area contributed by atoms with Crippen molar-refractivity contribution in [3.63, 3.8) is 0 Å². The molecule has 0 spiro atoms. The van der Waals surface area contributed by atoms with Crippen molar-refractivity contribution in [3.8, 4) is 0 Å². The van der Waals surface area contributed by atoms with Crippen LogP contribution in [0, 0.1) is 0 Å². The molecule has 2 nitrogen and oxygen atoms in total. The Morgan fingerprint density at radius 1 is 1.10 bits per heavy atom. The van der Waals surface area contributed by atoms with Crippen LogP contribution in [0.15, 0.2) is 0 Å². The third-order valence-electron chi connectivity index (χ3n) is 1.45. The quantitative estimate of drug-likeness (QED) is 0.540. The molecule has 0 saturated carbocycles. The normalized spacial score (nSPS) is 10.2. The zero-order valence-electron chi connectivity index (χ0n) is 6.86. The van der Waals surface area contributed by atoms with Crippen molar-refractivity contribution in [2.24, 2.45) is 0 Å². The lowest BCUT2D eigenvalue weighted by molar-refractivity contribution is 0.186. The minimum Gasteiger partial charge on any atom is -0.317 e. The van der Waals surface area contributed by atoms with E-state index in [9.17, 15) is 5.11 Å². The molecule has 61 valence electrons. The Morgan fingerprint density at radius 2 is 1.80 bits per heavy atom. The highest BCUT2D eigenvalue weighted by Crippen LogP contribution is 1.86. The van der Waals surface area contributed by atoms with Crippen LogP contribution >= 0.6 is 0 Å². The maximum Gasteiger partial charge on any atom is 0.0822 e. The molecule has 0 aliphatic rings. The van der Waals surface area contributed by atoms with E-state index in [0.717, 1.165) is 25.9 Å². The van der Waals surface area contributed by atoms with E-state index in [1.54, 1.807) is 0 Å². The predicted molar refractivity (Wildman–Crippen MR) is 42.6 cm³/mol. The Bertz CT molecular complexity index is 49.2. The summed E-state index contributed by atoms with van der Waals surface area (Å²) < 4.78 is 0. The van der Waals surface area contributed by atoms with E-state index in [1.165, 1.54) is 12.8 Å². The minimum absolute atomic E-state index is 0.0788. The molecule has 0 heterocycles. The molecule has 0 aromatic rings. The van der Waals surface area contributed by atoms with Gasteiger partial charge in [0.15, 0.2) is 0 Å². The van der Waals surface area contributed by atoms with Crippen LogP contribution in [0.2, 0.25) is 0 Å². The maximum atomic E-state index is 9.99. The zero-order valence-corrected chi connectivity index (χ0v) is 6.86. The van der Waals surface area contributed by atoms with E-state index in [1.807, 2.05) is 0 Å². The summed E-state index contributed by atoms with van der Waals surface area (Å²) in [6.45, 7) is 4.38. The van der Waals surface area contributed by atoms with Gasteiger partial charge in [-0.25, -0.2) is 5.11 Å². The fourth-order valence-electron chi connectivity index (χ4n) is 0.779. The minimum atomic E-state index is 0.0788. The molecule has 0 saturated heterocycles. The first-order valence-electron chi connectivity index (χ1n) is 4.20. The molecule has 0 amide bonds. The van der Waals surface area contributed by atoms with Crippen LogP contribution in [0.1, 0.15) is 32.6 Å². The van der Waals surface area contributed by atoms with Gasteiger partial charge in [0.25, 0.3) is 0 Å². The molecule has 1 N–H and O–H groups in total. The molecule has 10 heavy (non-hydrogen) atoms. The number of hydrogen-bond donors (Lipinski definition) is 1. The Balaban J connectivity index is 2.65. The summed E-state index contributed by atoms with van der Waals surface area (Å²) in [5, 5.41) is 13.3. The molecule has 0 rings (SSSR count). The van der Waals surface area contributed by atoms with Crippen LogP contribution in [0.5, 0.6) is 0 Å². The van der Waals surface area contributed by atoms with Gasteiger partial charge in [-0.2, -0.15) is 0 Å². The van der Waals surface area contributed by atoms with Gasteiger partial charge in [-0.1, -0.05) is 13.3 Å². The van der Waals surface area contributed by atoms with E-state index in [4.69, 9.17) is 0 Å². The van der Waals surface area contributed by atoms with Gasteiger partial charge in [-0.3, -0.25) is 0 Å². The monoisotopic (exact) mass is 144 g/mol. The highest BCUT2D eigenvalue weighted by Gasteiger charge is 1.86. The highest BCUT2D eigenvalue weighted by molar-refractivity contribution is 4.46. The standard InChI is InChI=1S/C8H18NO/c1-2-3-6-9-7-4-5-8-10/h9H,2-8H2,1H3. The number of nitrogens with one attached hydrogen (secondary N) is 1. The second kappa shape index (κ2) is 8.92. The first-order chi connectivity index (χ1) is 4.91. The van der Waals surface area contributed by atoms with E-state index >= 15 is 0 Å². The van der Waals surface area contributed by atoms with Crippen LogP contribution in [-0.2, 0) is 5.11 Å². The average molecular weight is 144 g/mol. The summed E-state index contributed by atoms with van der Waals surface area (Å²) in [7, 11) is 0. The fourth-order valence-corrected chi connectivity index (χ4v) is 0.779. The second-order valence-corrected chi connectivity index (χ2v) is 2.51. The van der Waals surface area contributed by atoms with Crippen molar-refractivity contribution < 1.29 is 5.11 Å². The lowest BCUT2D eigenvalue weighted by Gasteiger charge is -2.00. The summed E-state index contributed by atoms with van der Waals surface area (Å²) in [6, 6.07) is 0. The van der Waals surface area contributed by atoms with Crippen LogP contribution in [0.4, 0.5) is 0 Å². The third-order valence-corrected chi connectivity index (χ3v) is 1.45. The predicted octanol–water partition coefficient (Wildman–Crippen LogP) is 1.59. The lowest BCUT2D eigenvalue weighted by atomic mass is 10.3. The van der Waals surface area contributed by atoms with E-state index in [-0.39, 0.29) is 6.61 Å². The van der Waals surface area contributed by atoms with E-state index in [0.29, 0.717) is 0 Å². The van der Waals surface area contributed by atoms with Gasteiger partial charge in [0.1, 0.15) is 0 Å². The zero-order chi connectivity index (χ0) is 7.66. The number of hydrogen-bond acceptors (Lipinski definition) is 1. The third kappa shape index (κ3) is 7.92. The summed E-state index contributed by atoms with van der Waals surface area (Å²) in [5.41, 5.74) is 0. The molecule has 0 atom stereocenters. The van der Waals surface area contributed by atoms with Gasteiger partial charge in [0.2, 0.25) is 0 Å². The molecule has 0 fully saturated rings. The van der Waals surface area contributed by atoms with Gasteiger partial charge in [0, 0.05) is 0 Å². The van der Waals surface area contributed by atoms with Crippen molar-refractivity contribution in [2.75, 3.05) is 19.7 Å².